The molecule has 0 saturated heterocycles. The van der Waals surface area contributed by atoms with Crippen molar-refractivity contribution in [2.45, 2.75) is 15.2 Å². The first-order valence-corrected chi connectivity index (χ1v) is 14.3. The van der Waals surface area contributed by atoms with Crippen LogP contribution in [0.4, 0.5) is 0 Å². The van der Waals surface area contributed by atoms with Crippen LogP contribution in [0.3, 0.4) is 0 Å². The molecule has 1 spiro atoms. The number of nitrogens with zero attached hydrogens (tertiary/aromatic N) is 1. The van der Waals surface area contributed by atoms with E-state index in [1.54, 1.807) is 0 Å². The number of para-hydroxylation sites is 3. The van der Waals surface area contributed by atoms with Crippen LogP contribution in [0.1, 0.15) is 22.3 Å². The van der Waals surface area contributed by atoms with Crippen LogP contribution >= 0.6 is 11.8 Å². The molecule has 0 saturated carbocycles. The zero-order valence-electron chi connectivity index (χ0n) is 21.1. The van der Waals surface area contributed by atoms with E-state index in [0.717, 1.165) is 0 Å². The Kier molecular flexibility index (Phi) is 4.26. The van der Waals surface area contributed by atoms with Gasteiger partial charge in [0.2, 0.25) is 0 Å². The summed E-state index contributed by atoms with van der Waals surface area (Å²) in [6.45, 7) is 0. The quantitative estimate of drug-likeness (QED) is 0.211. The maximum atomic E-state index is 2.51. The lowest BCUT2D eigenvalue weighted by Gasteiger charge is -2.45. The van der Waals surface area contributed by atoms with Gasteiger partial charge in [-0.1, -0.05) is 121 Å². The van der Waals surface area contributed by atoms with E-state index in [2.05, 4.69) is 144 Å². The van der Waals surface area contributed by atoms with Crippen molar-refractivity contribution in [3.8, 4) is 16.8 Å². The minimum absolute atomic E-state index is 0.428. The molecule has 2 heteroatoms. The van der Waals surface area contributed by atoms with Crippen LogP contribution in [0.25, 0.3) is 38.6 Å². The maximum Gasteiger partial charge on any atom is 0.0764 e. The molecule has 1 unspecified atom stereocenters. The molecule has 1 nitrogen and oxygen atoms in total. The first kappa shape index (κ1) is 21.4. The van der Waals surface area contributed by atoms with Crippen molar-refractivity contribution < 1.29 is 0 Å². The van der Waals surface area contributed by atoms with Crippen LogP contribution in [0, 0.1) is 0 Å². The minimum atomic E-state index is -0.428. The first-order chi connectivity index (χ1) is 19.4. The monoisotopic (exact) mass is 513 g/mol. The molecule has 0 N–H and O–H groups in total. The lowest BCUT2D eigenvalue weighted by atomic mass is 9.62. The van der Waals surface area contributed by atoms with Gasteiger partial charge < -0.3 is 4.57 Å². The zero-order chi connectivity index (χ0) is 25.6. The molecule has 7 aromatic rings. The number of hydrogen-bond acceptors (Lipinski definition) is 1. The Morgan fingerprint density at radius 2 is 1.15 bits per heavy atom. The van der Waals surface area contributed by atoms with Gasteiger partial charge in [0.15, 0.2) is 0 Å². The summed E-state index contributed by atoms with van der Waals surface area (Å²) in [6, 6.07) is 51.7. The van der Waals surface area contributed by atoms with Crippen LogP contribution in [0.2, 0.25) is 0 Å². The van der Waals surface area contributed by atoms with Crippen molar-refractivity contribution in [1.82, 2.24) is 4.57 Å². The summed E-state index contributed by atoms with van der Waals surface area (Å²) in [5, 5.41) is 2.62. The topological polar surface area (TPSA) is 4.93 Å². The van der Waals surface area contributed by atoms with Crippen LogP contribution in [-0.2, 0) is 5.41 Å². The van der Waals surface area contributed by atoms with Gasteiger partial charge in [0.1, 0.15) is 0 Å². The second-order valence-electron chi connectivity index (χ2n) is 10.5. The van der Waals surface area contributed by atoms with E-state index in [9.17, 15) is 0 Å². The third-order valence-electron chi connectivity index (χ3n) is 8.65. The number of rotatable bonds is 1. The van der Waals surface area contributed by atoms with Gasteiger partial charge in [0.05, 0.1) is 22.1 Å². The van der Waals surface area contributed by atoms with Crippen LogP contribution < -0.4 is 0 Å². The molecule has 9 rings (SSSR count). The minimum Gasteiger partial charge on any atom is -0.309 e. The molecule has 1 aromatic heterocycles. The lowest BCUT2D eigenvalue weighted by Crippen LogP contribution is -2.37. The third kappa shape index (κ3) is 2.67. The van der Waals surface area contributed by atoms with Gasteiger partial charge in [0, 0.05) is 20.6 Å². The standard InChI is InChI=1S/C37H23NS/c1-2-11-24(12-3-1)25-21-22-35-31(23-25)37(29-16-6-9-20-34(29)39-35)28-15-5-8-19-33(28)38-32-18-7-4-13-26(32)27-14-10-17-30(37)36(27)38/h1-23H. The largest absolute Gasteiger partial charge is 0.309 e. The molecular formula is C37H23NS. The first-order valence-electron chi connectivity index (χ1n) is 13.5. The normalized spacial score (nSPS) is 16.7. The van der Waals surface area contributed by atoms with E-state index in [0.29, 0.717) is 0 Å². The Labute approximate surface area is 231 Å². The fourth-order valence-electron chi connectivity index (χ4n) is 7.13. The van der Waals surface area contributed by atoms with Crippen molar-refractivity contribution in [2.24, 2.45) is 0 Å². The molecule has 1 atom stereocenters. The summed E-state index contributed by atoms with van der Waals surface area (Å²) in [6.07, 6.45) is 0. The van der Waals surface area contributed by atoms with E-state index in [1.165, 1.54) is 70.7 Å². The van der Waals surface area contributed by atoms with E-state index in [1.807, 2.05) is 11.8 Å². The SMILES string of the molecule is c1ccc(-c2ccc3c(c2)C2(c4ccccc4S3)c3ccccc3-n3c4ccccc4c4cccc2c43)cc1. The second-order valence-corrected chi connectivity index (χ2v) is 11.6. The fraction of sp³-hybridized carbons (Fsp3) is 0.0270. The van der Waals surface area contributed by atoms with Crippen LogP contribution in [0.5, 0.6) is 0 Å². The summed E-state index contributed by atoms with van der Waals surface area (Å²) in [4.78, 5) is 2.65. The fourth-order valence-corrected chi connectivity index (χ4v) is 8.31. The van der Waals surface area contributed by atoms with Gasteiger partial charge in [0.25, 0.3) is 0 Å². The molecule has 0 aliphatic carbocycles. The summed E-state index contributed by atoms with van der Waals surface area (Å²) in [7, 11) is 0. The Morgan fingerprint density at radius 3 is 2.08 bits per heavy atom. The second kappa shape index (κ2) is 7.75. The molecule has 0 radical (unpaired) electrons. The highest BCUT2D eigenvalue weighted by atomic mass is 32.2. The molecule has 3 heterocycles. The van der Waals surface area contributed by atoms with Gasteiger partial charge in [-0.25, -0.2) is 0 Å². The van der Waals surface area contributed by atoms with E-state index in [-0.39, 0.29) is 0 Å². The van der Waals surface area contributed by atoms with Gasteiger partial charge in [-0.2, -0.15) is 0 Å². The number of benzene rings is 6. The third-order valence-corrected chi connectivity index (χ3v) is 9.80. The van der Waals surface area contributed by atoms with E-state index < -0.39 is 5.41 Å². The molecule has 182 valence electrons. The van der Waals surface area contributed by atoms with Crippen LogP contribution in [-0.4, -0.2) is 4.57 Å². The summed E-state index contributed by atoms with van der Waals surface area (Å²) < 4.78 is 2.51. The van der Waals surface area contributed by atoms with E-state index >= 15 is 0 Å². The predicted molar refractivity (Wildman–Crippen MR) is 162 cm³/mol. The smallest absolute Gasteiger partial charge is 0.0764 e. The number of aromatic nitrogens is 1. The summed E-state index contributed by atoms with van der Waals surface area (Å²) in [5.74, 6) is 0. The van der Waals surface area contributed by atoms with Crippen molar-refractivity contribution >= 4 is 33.6 Å². The molecule has 0 fully saturated rings. The maximum absolute atomic E-state index is 2.51. The highest BCUT2D eigenvalue weighted by Gasteiger charge is 2.49. The van der Waals surface area contributed by atoms with Crippen molar-refractivity contribution in [2.75, 3.05) is 0 Å². The number of fused-ring (bicyclic) bond motifs is 11. The Balaban J connectivity index is 1.52. The molecule has 2 aliphatic heterocycles. The van der Waals surface area contributed by atoms with Gasteiger partial charge in [-0.3, -0.25) is 0 Å². The molecule has 0 bridgehead atoms. The molecule has 0 amide bonds. The highest BCUT2D eigenvalue weighted by molar-refractivity contribution is 7.99. The van der Waals surface area contributed by atoms with Crippen molar-refractivity contribution in [1.29, 1.82) is 0 Å². The van der Waals surface area contributed by atoms with Crippen molar-refractivity contribution in [3.63, 3.8) is 0 Å². The predicted octanol–water partition coefficient (Wildman–Crippen LogP) is 9.61. The Hall–Kier alpha value is -4.53. The summed E-state index contributed by atoms with van der Waals surface area (Å²) in [5.41, 5.74) is 11.3. The molecule has 6 aromatic carbocycles. The molecule has 39 heavy (non-hydrogen) atoms. The van der Waals surface area contributed by atoms with Crippen LogP contribution in [0.15, 0.2) is 149 Å². The number of hydrogen-bond donors (Lipinski definition) is 0. The Morgan fingerprint density at radius 1 is 0.462 bits per heavy atom. The van der Waals surface area contributed by atoms with E-state index in [4.69, 9.17) is 0 Å². The summed E-state index contributed by atoms with van der Waals surface area (Å²) >= 11 is 1.90. The molecular weight excluding hydrogens is 490 g/mol. The highest BCUT2D eigenvalue weighted by Crippen LogP contribution is 2.60. The average Bonchev–Trinajstić information content (AvgIpc) is 3.35. The lowest BCUT2D eigenvalue weighted by molar-refractivity contribution is 0.690. The zero-order valence-corrected chi connectivity index (χ0v) is 22.0. The van der Waals surface area contributed by atoms with Gasteiger partial charge in [-0.15, -0.1) is 0 Å². The molecule has 2 aliphatic rings. The Bertz CT molecular complexity index is 2100. The van der Waals surface area contributed by atoms with Crippen molar-refractivity contribution in [3.05, 3.63) is 162 Å². The van der Waals surface area contributed by atoms with Gasteiger partial charge >= 0.3 is 0 Å². The average molecular weight is 514 g/mol. The van der Waals surface area contributed by atoms with Gasteiger partial charge in [-0.05, 0) is 63.7 Å².